The van der Waals surface area contributed by atoms with E-state index in [1.807, 2.05) is 0 Å². The van der Waals surface area contributed by atoms with Crippen molar-refractivity contribution in [3.63, 3.8) is 0 Å². The number of hydrogen-bond acceptors (Lipinski definition) is 7. The van der Waals surface area contributed by atoms with Gasteiger partial charge in [0.25, 0.3) is 10.0 Å². The number of nitrogens with one attached hydrogen (secondary N) is 1. The minimum atomic E-state index is -3.70. The van der Waals surface area contributed by atoms with Gasteiger partial charge in [-0.05, 0) is 24.3 Å². The Hall–Kier alpha value is -2.52. The summed E-state index contributed by atoms with van der Waals surface area (Å²) in [5.74, 6) is 1.13. The van der Waals surface area contributed by atoms with E-state index in [2.05, 4.69) is 9.88 Å². The summed E-state index contributed by atoms with van der Waals surface area (Å²) in [5, 5.41) is 3.80. The molecule has 0 aliphatic carbocycles. The van der Waals surface area contributed by atoms with E-state index in [1.54, 1.807) is 30.3 Å². The van der Waals surface area contributed by atoms with Crippen LogP contribution in [0.3, 0.4) is 0 Å². The van der Waals surface area contributed by atoms with Crippen molar-refractivity contribution in [2.75, 3.05) is 17.9 Å². The van der Waals surface area contributed by atoms with Crippen LogP contribution in [0.15, 0.2) is 51.4 Å². The summed E-state index contributed by atoms with van der Waals surface area (Å²) in [5.41, 5.74) is 1.01. The topological polar surface area (TPSA) is 90.7 Å². The van der Waals surface area contributed by atoms with E-state index in [0.717, 1.165) is 11.3 Å². The third kappa shape index (κ3) is 2.83. The van der Waals surface area contributed by atoms with Crippen LogP contribution in [0.4, 0.5) is 5.69 Å². The Labute approximate surface area is 141 Å². The molecule has 0 bridgehead atoms. The first-order valence-electron chi connectivity index (χ1n) is 7.05. The number of sulfonamides is 1. The van der Waals surface area contributed by atoms with Crippen LogP contribution >= 0.6 is 11.3 Å². The van der Waals surface area contributed by atoms with Crippen LogP contribution in [0.1, 0.15) is 0 Å². The van der Waals surface area contributed by atoms with E-state index in [0.29, 0.717) is 41.0 Å². The molecule has 0 spiro atoms. The molecule has 0 saturated heterocycles. The van der Waals surface area contributed by atoms with Crippen molar-refractivity contribution in [3.8, 4) is 22.1 Å². The fourth-order valence-electron chi connectivity index (χ4n) is 2.25. The number of rotatable bonds is 4. The number of nitrogens with zero attached hydrogens (tertiary/aromatic N) is 1. The van der Waals surface area contributed by atoms with Crippen LogP contribution in [0, 0.1) is 0 Å². The van der Waals surface area contributed by atoms with Gasteiger partial charge in [0.1, 0.15) is 29.4 Å². The Morgan fingerprint density at radius 3 is 2.67 bits per heavy atom. The van der Waals surface area contributed by atoms with Gasteiger partial charge in [-0.25, -0.2) is 8.42 Å². The van der Waals surface area contributed by atoms with Gasteiger partial charge in [0, 0.05) is 12.1 Å². The minimum Gasteiger partial charge on any atom is -0.486 e. The normalized spacial score (nSPS) is 13.7. The quantitative estimate of drug-likeness (QED) is 0.765. The fourth-order valence-corrected chi connectivity index (χ4v) is 4.57. The Morgan fingerprint density at radius 2 is 1.88 bits per heavy atom. The van der Waals surface area contributed by atoms with Crippen LogP contribution in [-0.4, -0.2) is 26.8 Å². The SMILES string of the molecule is O=S(=O)(Nc1ccc2c(c1)OCCO2)c1ccc(-c2ccon2)s1. The summed E-state index contributed by atoms with van der Waals surface area (Å²) in [6, 6.07) is 9.84. The first-order chi connectivity index (χ1) is 11.6. The van der Waals surface area contributed by atoms with Gasteiger partial charge in [-0.3, -0.25) is 4.72 Å². The van der Waals surface area contributed by atoms with Crippen molar-refractivity contribution >= 4 is 27.0 Å². The van der Waals surface area contributed by atoms with Crippen LogP contribution in [0.25, 0.3) is 10.6 Å². The molecule has 0 unspecified atom stereocenters. The predicted octanol–water partition coefficient (Wildman–Crippen LogP) is 2.98. The maximum atomic E-state index is 12.5. The molecule has 0 radical (unpaired) electrons. The predicted molar refractivity (Wildman–Crippen MR) is 88.1 cm³/mol. The molecule has 24 heavy (non-hydrogen) atoms. The number of anilines is 1. The summed E-state index contributed by atoms with van der Waals surface area (Å²) in [7, 11) is -3.70. The molecule has 3 aromatic rings. The lowest BCUT2D eigenvalue weighted by Gasteiger charge is -2.19. The number of aromatic nitrogens is 1. The third-order valence-electron chi connectivity index (χ3n) is 3.33. The Morgan fingerprint density at radius 1 is 1.04 bits per heavy atom. The van der Waals surface area contributed by atoms with Crippen LogP contribution in [0.2, 0.25) is 0 Å². The zero-order valence-electron chi connectivity index (χ0n) is 12.3. The number of benzene rings is 1. The largest absolute Gasteiger partial charge is 0.486 e. The third-order valence-corrected chi connectivity index (χ3v) is 6.31. The van der Waals surface area contributed by atoms with Gasteiger partial charge in [-0.1, -0.05) is 5.16 Å². The number of fused-ring (bicyclic) bond motifs is 1. The maximum absolute atomic E-state index is 12.5. The monoisotopic (exact) mass is 364 g/mol. The molecule has 9 heteroatoms. The lowest BCUT2D eigenvalue weighted by atomic mass is 10.3. The van der Waals surface area contributed by atoms with Crippen molar-refractivity contribution in [2.24, 2.45) is 0 Å². The van der Waals surface area contributed by atoms with Crippen LogP contribution < -0.4 is 14.2 Å². The molecule has 1 N–H and O–H groups in total. The molecule has 1 aromatic carbocycles. The molecule has 0 saturated carbocycles. The van der Waals surface area contributed by atoms with Crippen molar-refractivity contribution < 1.29 is 22.4 Å². The van der Waals surface area contributed by atoms with E-state index in [9.17, 15) is 8.42 Å². The average molecular weight is 364 g/mol. The standard InChI is InChI=1S/C15H12N2O5S2/c18-24(19,15-4-3-14(23-15)11-5-6-22-16-11)17-10-1-2-12-13(9-10)21-8-7-20-12/h1-6,9,17H,7-8H2. The second-order valence-electron chi connectivity index (χ2n) is 4.97. The molecule has 0 amide bonds. The zero-order valence-corrected chi connectivity index (χ0v) is 13.9. The van der Waals surface area contributed by atoms with Gasteiger partial charge < -0.3 is 14.0 Å². The van der Waals surface area contributed by atoms with Gasteiger partial charge in [0.2, 0.25) is 0 Å². The second kappa shape index (κ2) is 5.84. The Balaban J connectivity index is 1.59. The molecule has 0 atom stereocenters. The van der Waals surface area contributed by atoms with Crippen LogP contribution in [-0.2, 0) is 10.0 Å². The van der Waals surface area contributed by atoms with E-state index < -0.39 is 10.0 Å². The molecule has 3 heterocycles. The first kappa shape index (κ1) is 15.0. The summed E-state index contributed by atoms with van der Waals surface area (Å²) >= 11 is 1.12. The van der Waals surface area contributed by atoms with E-state index in [4.69, 9.17) is 14.0 Å². The average Bonchev–Trinajstić information content (AvgIpc) is 3.25. The molecule has 0 fully saturated rings. The summed E-state index contributed by atoms with van der Waals surface area (Å²) in [4.78, 5) is 0.714. The molecular weight excluding hydrogens is 352 g/mol. The van der Waals surface area contributed by atoms with E-state index in [1.165, 1.54) is 12.3 Å². The zero-order chi connectivity index (χ0) is 16.6. The molecule has 2 aromatic heterocycles. The number of thiophene rings is 1. The molecular formula is C15H12N2O5S2. The maximum Gasteiger partial charge on any atom is 0.271 e. The second-order valence-corrected chi connectivity index (χ2v) is 7.96. The smallest absolute Gasteiger partial charge is 0.271 e. The van der Waals surface area contributed by atoms with Crippen molar-refractivity contribution in [1.29, 1.82) is 0 Å². The summed E-state index contributed by atoms with van der Waals surface area (Å²) in [6.07, 6.45) is 1.44. The number of ether oxygens (including phenoxy) is 2. The minimum absolute atomic E-state index is 0.190. The molecule has 1 aliphatic rings. The van der Waals surface area contributed by atoms with Gasteiger partial charge >= 0.3 is 0 Å². The summed E-state index contributed by atoms with van der Waals surface area (Å²) < 4.78 is 43.5. The highest BCUT2D eigenvalue weighted by atomic mass is 32.2. The lowest BCUT2D eigenvalue weighted by molar-refractivity contribution is 0.171. The molecule has 124 valence electrons. The van der Waals surface area contributed by atoms with Gasteiger partial charge in [0.15, 0.2) is 11.5 Å². The van der Waals surface area contributed by atoms with Gasteiger partial charge in [-0.2, -0.15) is 0 Å². The highest BCUT2D eigenvalue weighted by Gasteiger charge is 2.20. The summed E-state index contributed by atoms with van der Waals surface area (Å²) in [6.45, 7) is 0.924. The Bertz CT molecular complexity index is 964. The van der Waals surface area contributed by atoms with Gasteiger partial charge in [-0.15, -0.1) is 11.3 Å². The van der Waals surface area contributed by atoms with Gasteiger partial charge in [0.05, 0.1) is 10.6 Å². The highest BCUT2D eigenvalue weighted by Crippen LogP contribution is 2.34. The lowest BCUT2D eigenvalue weighted by Crippen LogP contribution is -2.16. The van der Waals surface area contributed by atoms with Crippen molar-refractivity contribution in [2.45, 2.75) is 4.21 Å². The Kier molecular flexibility index (Phi) is 3.66. The molecule has 7 nitrogen and oxygen atoms in total. The molecule has 1 aliphatic heterocycles. The van der Waals surface area contributed by atoms with Crippen molar-refractivity contribution in [3.05, 3.63) is 42.7 Å². The fraction of sp³-hybridized carbons (Fsp3) is 0.133. The van der Waals surface area contributed by atoms with E-state index >= 15 is 0 Å². The van der Waals surface area contributed by atoms with Crippen LogP contribution in [0.5, 0.6) is 11.5 Å². The highest BCUT2D eigenvalue weighted by molar-refractivity contribution is 7.94. The van der Waals surface area contributed by atoms with Crippen molar-refractivity contribution in [1.82, 2.24) is 5.16 Å². The first-order valence-corrected chi connectivity index (χ1v) is 9.35. The molecule has 4 rings (SSSR count). The van der Waals surface area contributed by atoms with E-state index in [-0.39, 0.29) is 4.21 Å². The number of hydrogen-bond donors (Lipinski definition) is 1.